The molecule has 8 nitrogen and oxygen atoms in total. The van der Waals surface area contributed by atoms with Gasteiger partial charge in [0, 0.05) is 31.7 Å². The van der Waals surface area contributed by atoms with E-state index in [4.69, 9.17) is 4.42 Å². The van der Waals surface area contributed by atoms with Crippen LogP contribution in [0.5, 0.6) is 0 Å². The fraction of sp³-hybridized carbons (Fsp3) is 0.455. The number of furan rings is 1. The van der Waals surface area contributed by atoms with Crippen molar-refractivity contribution in [1.82, 2.24) is 9.62 Å². The summed E-state index contributed by atoms with van der Waals surface area (Å²) in [5, 5.41) is 2.79. The average Bonchev–Trinajstić information content (AvgIpc) is 3.41. The first kappa shape index (κ1) is 23.0. The van der Waals surface area contributed by atoms with Crippen LogP contribution in [-0.4, -0.2) is 44.2 Å². The molecule has 1 fully saturated rings. The van der Waals surface area contributed by atoms with Crippen LogP contribution in [0, 0.1) is 5.92 Å². The van der Waals surface area contributed by atoms with E-state index in [0.29, 0.717) is 24.5 Å². The largest absolute Gasteiger partial charge is 0.467 e. The normalized spacial score (nSPS) is 16.8. The summed E-state index contributed by atoms with van der Waals surface area (Å²) in [6.07, 6.45) is 3.13. The van der Waals surface area contributed by atoms with Gasteiger partial charge in [0.2, 0.25) is 21.8 Å². The molecule has 1 atom stereocenters. The van der Waals surface area contributed by atoms with Crippen molar-refractivity contribution in [3.8, 4) is 0 Å². The van der Waals surface area contributed by atoms with E-state index >= 15 is 0 Å². The highest BCUT2D eigenvalue weighted by Gasteiger charge is 2.35. The zero-order valence-electron chi connectivity index (χ0n) is 17.9. The molecule has 9 heteroatoms. The molecule has 0 unspecified atom stereocenters. The molecule has 1 N–H and O–H groups in total. The zero-order chi connectivity index (χ0) is 22.4. The molecule has 0 radical (unpaired) electrons. The fourth-order valence-corrected chi connectivity index (χ4v) is 5.29. The third-order valence-electron chi connectivity index (χ3n) is 5.24. The molecule has 0 saturated carbocycles. The van der Waals surface area contributed by atoms with Crippen molar-refractivity contribution in [2.24, 2.45) is 5.92 Å². The van der Waals surface area contributed by atoms with Gasteiger partial charge in [0.25, 0.3) is 0 Å². The van der Waals surface area contributed by atoms with Crippen LogP contribution in [0.15, 0.2) is 52.0 Å². The number of sulfonamides is 1. The highest BCUT2D eigenvalue weighted by atomic mass is 32.2. The van der Waals surface area contributed by atoms with Crippen molar-refractivity contribution in [2.45, 2.75) is 44.6 Å². The Morgan fingerprint density at radius 3 is 2.42 bits per heavy atom. The molecular weight excluding hydrogens is 418 g/mol. The third kappa shape index (κ3) is 5.34. The molecule has 1 saturated heterocycles. The van der Waals surface area contributed by atoms with Crippen LogP contribution in [-0.2, 0) is 26.2 Å². The number of nitrogens with one attached hydrogen (secondary N) is 1. The van der Waals surface area contributed by atoms with Crippen molar-refractivity contribution in [3.05, 3.63) is 48.4 Å². The molecule has 1 aromatic carbocycles. The molecule has 2 amide bonds. The first-order valence-electron chi connectivity index (χ1n) is 10.6. The van der Waals surface area contributed by atoms with E-state index in [-0.39, 0.29) is 36.2 Å². The minimum Gasteiger partial charge on any atom is -0.467 e. The summed E-state index contributed by atoms with van der Waals surface area (Å²) in [7, 11) is -3.58. The molecule has 31 heavy (non-hydrogen) atoms. The summed E-state index contributed by atoms with van der Waals surface area (Å²) >= 11 is 0. The van der Waals surface area contributed by atoms with Gasteiger partial charge in [-0.3, -0.25) is 9.59 Å². The minimum absolute atomic E-state index is 0.116. The number of nitrogens with zero attached hydrogens (tertiary/aromatic N) is 2. The predicted molar refractivity (Wildman–Crippen MR) is 117 cm³/mol. The van der Waals surface area contributed by atoms with Crippen LogP contribution >= 0.6 is 0 Å². The smallest absolute Gasteiger partial charge is 0.243 e. The topological polar surface area (TPSA) is 99.9 Å². The van der Waals surface area contributed by atoms with E-state index in [0.717, 1.165) is 12.8 Å². The Morgan fingerprint density at radius 1 is 1.16 bits per heavy atom. The first-order chi connectivity index (χ1) is 14.9. The molecule has 1 aromatic heterocycles. The van der Waals surface area contributed by atoms with Gasteiger partial charge in [0.15, 0.2) is 0 Å². The summed E-state index contributed by atoms with van der Waals surface area (Å²) in [5.41, 5.74) is 0.586. The van der Waals surface area contributed by atoms with Crippen molar-refractivity contribution < 1.29 is 22.4 Å². The molecule has 2 aromatic rings. The number of hydrogen-bond donors (Lipinski definition) is 1. The van der Waals surface area contributed by atoms with Crippen molar-refractivity contribution in [1.29, 1.82) is 0 Å². The molecule has 0 spiro atoms. The number of hydrogen-bond acceptors (Lipinski definition) is 5. The van der Waals surface area contributed by atoms with Crippen molar-refractivity contribution in [3.63, 3.8) is 0 Å². The molecule has 3 rings (SSSR count). The van der Waals surface area contributed by atoms with Gasteiger partial charge in [0.05, 0.1) is 23.6 Å². The third-order valence-corrected chi connectivity index (χ3v) is 7.16. The summed E-state index contributed by atoms with van der Waals surface area (Å²) in [4.78, 5) is 26.7. The number of rotatable bonds is 10. The molecule has 0 aliphatic carbocycles. The Kier molecular flexibility index (Phi) is 7.50. The van der Waals surface area contributed by atoms with Crippen molar-refractivity contribution >= 4 is 27.5 Å². The van der Waals surface area contributed by atoms with Gasteiger partial charge in [-0.2, -0.15) is 4.31 Å². The molecule has 2 heterocycles. The van der Waals surface area contributed by atoms with Gasteiger partial charge in [-0.1, -0.05) is 13.8 Å². The van der Waals surface area contributed by atoms with E-state index in [2.05, 4.69) is 5.32 Å². The minimum atomic E-state index is -3.58. The number of carbonyl (C=O) groups excluding carboxylic acids is 2. The lowest BCUT2D eigenvalue weighted by Gasteiger charge is -2.22. The van der Waals surface area contributed by atoms with E-state index < -0.39 is 15.9 Å². The summed E-state index contributed by atoms with van der Waals surface area (Å²) in [6, 6.07) is 9.83. The second-order valence-electron chi connectivity index (χ2n) is 7.60. The lowest BCUT2D eigenvalue weighted by atomic mass is 10.1. The molecule has 168 valence electrons. The number of carbonyl (C=O) groups is 2. The summed E-state index contributed by atoms with van der Waals surface area (Å²) in [6.45, 7) is 5.36. The maximum Gasteiger partial charge on any atom is 0.243 e. The molecular formula is C22H29N3O5S. The molecule has 1 aliphatic heterocycles. The average molecular weight is 448 g/mol. The first-order valence-corrected chi connectivity index (χ1v) is 12.0. The van der Waals surface area contributed by atoms with Gasteiger partial charge in [-0.05, 0) is 49.2 Å². The van der Waals surface area contributed by atoms with Gasteiger partial charge in [0.1, 0.15) is 5.76 Å². The van der Waals surface area contributed by atoms with Crippen molar-refractivity contribution in [2.75, 3.05) is 24.5 Å². The SMILES string of the molecule is CCCN(CCC)S(=O)(=O)c1ccc(N2C[C@H](C(=O)NCc3ccco3)CC2=O)cc1. The van der Waals surface area contributed by atoms with Crippen LogP contribution in [0.4, 0.5) is 5.69 Å². The highest BCUT2D eigenvalue weighted by Crippen LogP contribution is 2.27. The van der Waals surface area contributed by atoms with Crippen LogP contribution < -0.4 is 10.2 Å². The van der Waals surface area contributed by atoms with Gasteiger partial charge >= 0.3 is 0 Å². The Hall–Kier alpha value is -2.65. The quantitative estimate of drug-likeness (QED) is 0.604. The van der Waals surface area contributed by atoms with Gasteiger partial charge in [-0.25, -0.2) is 8.42 Å². The maximum atomic E-state index is 12.9. The summed E-state index contributed by atoms with van der Waals surface area (Å²) < 4.78 is 32.5. The fourth-order valence-electron chi connectivity index (χ4n) is 3.66. The van der Waals surface area contributed by atoms with Gasteiger partial charge < -0.3 is 14.6 Å². The maximum absolute atomic E-state index is 12.9. The van der Waals surface area contributed by atoms with Crippen LogP contribution in [0.2, 0.25) is 0 Å². The van der Waals surface area contributed by atoms with Crippen LogP contribution in [0.3, 0.4) is 0 Å². The summed E-state index contributed by atoms with van der Waals surface area (Å²) in [5.74, 6) is -0.185. The monoisotopic (exact) mass is 447 g/mol. The van der Waals surface area contributed by atoms with E-state index in [1.165, 1.54) is 27.6 Å². The lowest BCUT2D eigenvalue weighted by Crippen LogP contribution is -2.33. The molecule has 1 aliphatic rings. The van der Waals surface area contributed by atoms with Gasteiger partial charge in [-0.15, -0.1) is 0 Å². The standard InChI is InChI=1S/C22H29N3O5S/c1-3-11-24(12-4-2)31(28,29)20-9-7-18(8-10-20)25-16-17(14-21(25)26)22(27)23-15-19-6-5-13-30-19/h5-10,13,17H,3-4,11-12,14-16H2,1-2H3,(H,23,27)/t17-/m1/s1. The zero-order valence-corrected chi connectivity index (χ0v) is 18.7. The lowest BCUT2D eigenvalue weighted by molar-refractivity contribution is -0.126. The number of benzene rings is 1. The predicted octanol–water partition coefficient (Wildman–Crippen LogP) is 2.76. The second kappa shape index (κ2) is 10.1. The van der Waals surface area contributed by atoms with E-state index in [1.807, 2.05) is 13.8 Å². The van der Waals surface area contributed by atoms with E-state index in [9.17, 15) is 18.0 Å². The Balaban J connectivity index is 1.66. The Morgan fingerprint density at radius 2 is 1.84 bits per heavy atom. The Labute approximate surface area is 183 Å². The number of anilines is 1. The molecule has 0 bridgehead atoms. The van der Waals surface area contributed by atoms with Crippen LogP contribution in [0.25, 0.3) is 0 Å². The highest BCUT2D eigenvalue weighted by molar-refractivity contribution is 7.89. The van der Waals surface area contributed by atoms with E-state index in [1.54, 1.807) is 24.3 Å². The van der Waals surface area contributed by atoms with Crippen LogP contribution in [0.1, 0.15) is 38.9 Å². The second-order valence-corrected chi connectivity index (χ2v) is 9.54. The number of amides is 2. The Bertz CT molecular complexity index is 981.